The van der Waals surface area contributed by atoms with Crippen LogP contribution in [0.25, 0.3) is 0 Å². The van der Waals surface area contributed by atoms with Gasteiger partial charge in [0.05, 0.1) is 6.54 Å². The lowest BCUT2D eigenvalue weighted by Gasteiger charge is -2.17. The number of amides is 1. The summed E-state index contributed by atoms with van der Waals surface area (Å²) in [5.74, 6) is 0.670. The van der Waals surface area contributed by atoms with Crippen LogP contribution in [-0.2, 0) is 6.54 Å². The summed E-state index contributed by atoms with van der Waals surface area (Å²) in [5.41, 5.74) is 6.49. The van der Waals surface area contributed by atoms with Gasteiger partial charge in [0, 0.05) is 12.1 Å². The predicted octanol–water partition coefficient (Wildman–Crippen LogP) is 1.16. The van der Waals surface area contributed by atoms with Crippen LogP contribution in [0.3, 0.4) is 0 Å². The van der Waals surface area contributed by atoms with Crippen LogP contribution in [0.4, 0.5) is 5.13 Å². The number of carbonyl (C=O) groups is 1. The summed E-state index contributed by atoms with van der Waals surface area (Å²) in [7, 11) is 0. The van der Waals surface area contributed by atoms with Crippen molar-refractivity contribution in [1.29, 1.82) is 0 Å². The quantitative estimate of drug-likeness (QED) is 0.845. The Labute approximate surface area is 113 Å². The van der Waals surface area contributed by atoms with E-state index in [4.69, 9.17) is 10.5 Å². The van der Waals surface area contributed by atoms with Gasteiger partial charge in [-0.3, -0.25) is 4.79 Å². The number of nitrogen functional groups attached to an aromatic ring is 1. The van der Waals surface area contributed by atoms with Gasteiger partial charge in [-0.05, 0) is 6.07 Å². The lowest BCUT2D eigenvalue weighted by atomic mass is 10.2. The topological polar surface area (TPSA) is 81.3 Å². The number of hydrogen-bond acceptors (Lipinski definition) is 6. The molecule has 1 aromatic carbocycles. The minimum absolute atomic E-state index is 0.158. The molecule has 0 atom stereocenters. The van der Waals surface area contributed by atoms with Crippen LogP contribution in [0.2, 0.25) is 0 Å². The molecule has 19 heavy (non-hydrogen) atoms. The normalized spacial score (nSPS) is 14.4. The fraction of sp³-hybridized carbons (Fsp3) is 0.250. The first-order chi connectivity index (χ1) is 9.24. The molecule has 3 rings (SSSR count). The van der Waals surface area contributed by atoms with Crippen molar-refractivity contribution in [3.63, 3.8) is 0 Å². The van der Waals surface area contributed by atoms with Crippen LogP contribution in [-0.4, -0.2) is 34.2 Å². The highest BCUT2D eigenvalue weighted by atomic mass is 32.1. The molecule has 0 bridgehead atoms. The average molecular weight is 276 g/mol. The number of fused-ring (bicyclic) bond motifs is 1. The van der Waals surface area contributed by atoms with Crippen LogP contribution in [0.5, 0.6) is 5.75 Å². The van der Waals surface area contributed by atoms with Crippen LogP contribution >= 0.6 is 11.3 Å². The molecular formula is C12H12N4O2S. The molecule has 0 unspecified atom stereocenters. The Hall–Kier alpha value is -2.15. The molecule has 1 aliphatic rings. The van der Waals surface area contributed by atoms with E-state index in [9.17, 15) is 4.79 Å². The van der Waals surface area contributed by atoms with Gasteiger partial charge in [-0.2, -0.15) is 0 Å². The third-order valence-electron chi connectivity index (χ3n) is 2.86. The molecule has 2 aromatic rings. The first-order valence-electron chi connectivity index (χ1n) is 5.83. The summed E-state index contributed by atoms with van der Waals surface area (Å²) in [5, 5.41) is 8.07. The molecule has 0 spiro atoms. The van der Waals surface area contributed by atoms with E-state index < -0.39 is 0 Å². The number of nitrogens with zero attached hydrogens (tertiary/aromatic N) is 3. The van der Waals surface area contributed by atoms with Crippen molar-refractivity contribution in [1.82, 2.24) is 15.1 Å². The highest BCUT2D eigenvalue weighted by molar-refractivity contribution is 7.16. The second-order valence-electron chi connectivity index (χ2n) is 4.13. The van der Waals surface area contributed by atoms with E-state index in [1.54, 1.807) is 4.90 Å². The number of carbonyl (C=O) groups excluding carboxylic acids is 1. The van der Waals surface area contributed by atoms with Gasteiger partial charge in [0.25, 0.3) is 5.91 Å². The third kappa shape index (κ3) is 2.37. The Morgan fingerprint density at radius 2 is 2.21 bits per heavy atom. The van der Waals surface area contributed by atoms with Crippen LogP contribution in [0, 0.1) is 0 Å². The van der Waals surface area contributed by atoms with Crippen LogP contribution in [0.1, 0.15) is 15.4 Å². The molecule has 1 amide bonds. The summed E-state index contributed by atoms with van der Waals surface area (Å²) < 4.78 is 5.62. The minimum Gasteiger partial charge on any atom is -0.491 e. The van der Waals surface area contributed by atoms with Crippen molar-refractivity contribution in [2.45, 2.75) is 6.54 Å². The molecule has 7 heteroatoms. The molecule has 98 valence electrons. The zero-order valence-electron chi connectivity index (χ0n) is 10.1. The highest BCUT2D eigenvalue weighted by Crippen LogP contribution is 2.24. The molecule has 6 nitrogen and oxygen atoms in total. The Morgan fingerprint density at radius 3 is 3.00 bits per heavy atom. The van der Waals surface area contributed by atoms with Crippen LogP contribution < -0.4 is 10.5 Å². The largest absolute Gasteiger partial charge is 0.491 e. The molecule has 1 aliphatic heterocycles. The molecule has 0 radical (unpaired) electrons. The van der Waals surface area contributed by atoms with Gasteiger partial charge in [-0.15, -0.1) is 10.2 Å². The number of benzene rings is 1. The second kappa shape index (κ2) is 4.85. The maximum Gasteiger partial charge on any atom is 0.285 e. The van der Waals surface area contributed by atoms with Gasteiger partial charge in [0.15, 0.2) is 0 Å². The first kappa shape index (κ1) is 11.9. The first-order valence-corrected chi connectivity index (χ1v) is 6.64. The van der Waals surface area contributed by atoms with Crippen molar-refractivity contribution >= 4 is 22.4 Å². The molecule has 1 aromatic heterocycles. The van der Waals surface area contributed by atoms with Crippen molar-refractivity contribution in [3.05, 3.63) is 34.8 Å². The molecule has 0 aliphatic carbocycles. The maximum absolute atomic E-state index is 12.3. The number of anilines is 1. The summed E-state index contributed by atoms with van der Waals surface area (Å²) in [4.78, 5) is 14.0. The van der Waals surface area contributed by atoms with E-state index >= 15 is 0 Å². The van der Waals surface area contributed by atoms with E-state index in [1.165, 1.54) is 0 Å². The van der Waals surface area contributed by atoms with Crippen molar-refractivity contribution in [3.8, 4) is 5.75 Å². The third-order valence-corrected chi connectivity index (χ3v) is 3.60. The van der Waals surface area contributed by atoms with E-state index in [-0.39, 0.29) is 5.91 Å². The van der Waals surface area contributed by atoms with Gasteiger partial charge in [-0.1, -0.05) is 29.5 Å². The summed E-state index contributed by atoms with van der Waals surface area (Å²) in [6.45, 7) is 1.50. The summed E-state index contributed by atoms with van der Waals surface area (Å²) in [6, 6.07) is 7.71. The zero-order valence-corrected chi connectivity index (χ0v) is 10.9. The number of rotatable bonds is 1. The van der Waals surface area contributed by atoms with Crippen molar-refractivity contribution < 1.29 is 9.53 Å². The number of hydrogen-bond donors (Lipinski definition) is 1. The van der Waals surface area contributed by atoms with E-state index in [0.29, 0.717) is 29.8 Å². The minimum atomic E-state index is -0.158. The molecule has 0 saturated heterocycles. The van der Waals surface area contributed by atoms with Gasteiger partial charge in [0.1, 0.15) is 12.4 Å². The second-order valence-corrected chi connectivity index (χ2v) is 5.14. The highest BCUT2D eigenvalue weighted by Gasteiger charge is 2.23. The summed E-state index contributed by atoms with van der Waals surface area (Å²) >= 11 is 1.10. The smallest absolute Gasteiger partial charge is 0.285 e. The van der Waals surface area contributed by atoms with E-state index in [1.807, 2.05) is 24.3 Å². The number of ether oxygens (including phenoxy) is 1. The fourth-order valence-electron chi connectivity index (χ4n) is 1.96. The Balaban J connectivity index is 1.84. The molecule has 2 heterocycles. The maximum atomic E-state index is 12.3. The zero-order chi connectivity index (χ0) is 13.2. The van der Waals surface area contributed by atoms with Gasteiger partial charge in [-0.25, -0.2) is 0 Å². The van der Waals surface area contributed by atoms with E-state index in [0.717, 1.165) is 22.6 Å². The number of aromatic nitrogens is 2. The number of nitrogens with two attached hydrogens (primary N) is 1. The van der Waals surface area contributed by atoms with Gasteiger partial charge in [0.2, 0.25) is 10.1 Å². The Bertz CT molecular complexity index is 613. The summed E-state index contributed by atoms with van der Waals surface area (Å²) in [6.07, 6.45) is 0. The van der Waals surface area contributed by atoms with Gasteiger partial charge >= 0.3 is 0 Å². The SMILES string of the molecule is Nc1nnc(C(=O)N2CCOc3ccccc3C2)s1. The molecule has 2 N–H and O–H groups in total. The van der Waals surface area contributed by atoms with Crippen LogP contribution in [0.15, 0.2) is 24.3 Å². The Kier molecular flexibility index (Phi) is 3.04. The van der Waals surface area contributed by atoms with Crippen molar-refractivity contribution in [2.75, 3.05) is 18.9 Å². The fourth-order valence-corrected chi connectivity index (χ4v) is 2.53. The average Bonchev–Trinajstić information content (AvgIpc) is 2.74. The predicted molar refractivity (Wildman–Crippen MR) is 71.0 cm³/mol. The van der Waals surface area contributed by atoms with E-state index in [2.05, 4.69) is 10.2 Å². The molecular weight excluding hydrogens is 264 g/mol. The number of para-hydroxylation sites is 1. The lowest BCUT2D eigenvalue weighted by molar-refractivity contribution is 0.0732. The Morgan fingerprint density at radius 1 is 1.37 bits per heavy atom. The lowest BCUT2D eigenvalue weighted by Crippen LogP contribution is -2.32. The standard InChI is InChI=1S/C12H12N4O2S/c13-12-15-14-10(19-12)11(17)16-5-6-18-9-4-2-1-3-8(9)7-16/h1-4H,5-7H2,(H2,13,15). The van der Waals surface area contributed by atoms with Gasteiger partial charge < -0.3 is 15.4 Å². The molecule has 0 saturated carbocycles. The molecule has 0 fully saturated rings. The van der Waals surface area contributed by atoms with Crippen molar-refractivity contribution in [2.24, 2.45) is 0 Å². The monoisotopic (exact) mass is 276 g/mol.